The molecule has 1 heterocycles. The number of aldehydes is 1. The smallest absolute Gasteiger partial charge is 0.326 e. The van der Waals surface area contributed by atoms with Crippen molar-refractivity contribution in [2.45, 2.75) is 103 Å². The number of rotatable bonds is 25. The normalized spacial score (nSPS) is 11.8. The summed E-state index contributed by atoms with van der Waals surface area (Å²) in [6, 6.07) is 6.23. The van der Waals surface area contributed by atoms with E-state index in [1.165, 1.54) is 42.1 Å². The van der Waals surface area contributed by atoms with E-state index in [4.69, 9.17) is 5.73 Å². The van der Waals surface area contributed by atoms with E-state index in [2.05, 4.69) is 63.6 Å². The third kappa shape index (κ3) is 20.6. The largest absolute Gasteiger partial charge is 0.480 e. The Labute approximate surface area is 289 Å². The Morgan fingerprint density at radius 2 is 1.53 bits per heavy atom. The Bertz CT molecular complexity index is 1280. The maximum absolute atomic E-state index is 12.1. The first kappa shape index (κ1) is 42.7. The number of unbranched alkanes of at least 4 members (excludes halogenated alkanes) is 7. The SMILES string of the molecule is CCCCCCCCCC(=O)NCCNC[C@H](N)C(=O)NCC(=O)NCC[C@@H](NC(=O)CCCC=O)C(=O)O.Cc1c[nH]c2ccccc12. The van der Waals surface area contributed by atoms with Gasteiger partial charge >= 0.3 is 5.97 Å². The van der Waals surface area contributed by atoms with Crippen molar-refractivity contribution in [3.05, 3.63) is 36.0 Å². The van der Waals surface area contributed by atoms with E-state index in [0.29, 0.717) is 32.2 Å². The second kappa shape index (κ2) is 26.6. The number of hydrogen-bond donors (Lipinski definition) is 8. The Morgan fingerprint density at radius 1 is 0.857 bits per heavy atom. The molecule has 0 saturated heterocycles. The van der Waals surface area contributed by atoms with Crippen LogP contribution in [0, 0.1) is 6.92 Å². The summed E-state index contributed by atoms with van der Waals surface area (Å²) in [6.45, 7) is 4.95. The molecule has 14 nitrogen and oxygen atoms in total. The molecule has 2 aromatic rings. The molecule has 9 N–H and O–H groups in total. The minimum Gasteiger partial charge on any atom is -0.480 e. The number of hydrogen-bond acceptors (Lipinski definition) is 8. The monoisotopic (exact) mass is 687 g/mol. The van der Waals surface area contributed by atoms with Crippen molar-refractivity contribution in [3.8, 4) is 0 Å². The molecule has 49 heavy (non-hydrogen) atoms. The zero-order valence-electron chi connectivity index (χ0n) is 29.1. The second-order valence-electron chi connectivity index (χ2n) is 11.9. The molecule has 1 aromatic heterocycles. The first-order valence-electron chi connectivity index (χ1n) is 17.3. The van der Waals surface area contributed by atoms with E-state index in [9.17, 15) is 33.9 Å². The van der Waals surface area contributed by atoms with Gasteiger partial charge in [-0.1, -0.05) is 63.6 Å². The summed E-state index contributed by atoms with van der Waals surface area (Å²) in [5.74, 6) is -2.80. The molecule has 0 bridgehead atoms. The molecule has 0 radical (unpaired) electrons. The number of aliphatic carboxylic acids is 1. The number of carboxylic acid groups (broad SMARTS) is 1. The summed E-state index contributed by atoms with van der Waals surface area (Å²) in [5.41, 5.74) is 8.35. The number of benzene rings is 1. The molecule has 2 atom stereocenters. The number of aromatic nitrogens is 1. The van der Waals surface area contributed by atoms with Gasteiger partial charge in [-0.15, -0.1) is 0 Å². The average Bonchev–Trinajstić information content (AvgIpc) is 3.46. The zero-order valence-corrected chi connectivity index (χ0v) is 29.1. The van der Waals surface area contributed by atoms with Gasteiger partial charge in [-0.2, -0.15) is 0 Å². The highest BCUT2D eigenvalue weighted by Gasteiger charge is 2.20. The van der Waals surface area contributed by atoms with Crippen LogP contribution in [-0.4, -0.2) is 90.8 Å². The van der Waals surface area contributed by atoms with Crippen LogP contribution in [0.15, 0.2) is 30.5 Å². The fourth-order valence-corrected chi connectivity index (χ4v) is 4.77. The molecule has 274 valence electrons. The van der Waals surface area contributed by atoms with E-state index < -0.39 is 35.8 Å². The summed E-state index contributed by atoms with van der Waals surface area (Å²) in [7, 11) is 0. The van der Waals surface area contributed by atoms with Crippen LogP contribution < -0.4 is 32.3 Å². The number of carbonyl (C=O) groups excluding carboxylic acids is 5. The topological polar surface area (TPSA) is 225 Å². The molecular formula is C35H57N7O7. The van der Waals surface area contributed by atoms with Gasteiger partial charge in [-0.05, 0) is 37.8 Å². The maximum Gasteiger partial charge on any atom is 0.326 e. The van der Waals surface area contributed by atoms with Gasteiger partial charge in [0.2, 0.25) is 23.6 Å². The van der Waals surface area contributed by atoms with Crippen LogP contribution >= 0.6 is 0 Å². The fourth-order valence-electron chi connectivity index (χ4n) is 4.77. The van der Waals surface area contributed by atoms with Crippen molar-refractivity contribution in [2.75, 3.05) is 32.7 Å². The quantitative estimate of drug-likeness (QED) is 0.0565. The third-order valence-corrected chi connectivity index (χ3v) is 7.67. The number of aromatic amines is 1. The molecule has 0 fully saturated rings. The summed E-state index contributed by atoms with van der Waals surface area (Å²) in [5, 5.41) is 23.6. The molecule has 0 saturated carbocycles. The minimum absolute atomic E-state index is 0.00469. The van der Waals surface area contributed by atoms with Crippen LogP contribution in [0.25, 0.3) is 10.9 Å². The number of carbonyl (C=O) groups is 6. The lowest BCUT2D eigenvalue weighted by Crippen LogP contribution is -2.50. The van der Waals surface area contributed by atoms with Gasteiger partial charge in [0.05, 0.1) is 12.6 Å². The number of para-hydroxylation sites is 1. The minimum atomic E-state index is -1.24. The summed E-state index contributed by atoms with van der Waals surface area (Å²) in [4.78, 5) is 72.4. The number of nitrogens with one attached hydrogen (secondary N) is 6. The van der Waals surface area contributed by atoms with Crippen molar-refractivity contribution in [3.63, 3.8) is 0 Å². The number of amides is 4. The van der Waals surface area contributed by atoms with Gasteiger partial charge in [0.15, 0.2) is 0 Å². The van der Waals surface area contributed by atoms with Crippen molar-refractivity contribution in [2.24, 2.45) is 5.73 Å². The molecule has 0 aliphatic rings. The van der Waals surface area contributed by atoms with E-state index in [1.807, 2.05) is 12.3 Å². The van der Waals surface area contributed by atoms with Crippen molar-refractivity contribution in [1.82, 2.24) is 31.6 Å². The van der Waals surface area contributed by atoms with Crippen LogP contribution in [0.3, 0.4) is 0 Å². The van der Waals surface area contributed by atoms with Gasteiger partial charge in [-0.3, -0.25) is 19.2 Å². The fraction of sp³-hybridized carbons (Fsp3) is 0.600. The number of fused-ring (bicyclic) bond motifs is 1. The van der Waals surface area contributed by atoms with Crippen LogP contribution in [0.4, 0.5) is 0 Å². The highest BCUT2D eigenvalue weighted by atomic mass is 16.4. The zero-order chi connectivity index (χ0) is 36.3. The van der Waals surface area contributed by atoms with Crippen LogP contribution in [-0.2, 0) is 28.8 Å². The Hall–Kier alpha value is -4.30. The predicted molar refractivity (Wildman–Crippen MR) is 190 cm³/mol. The standard InChI is InChI=1S/C26H48N6O7.C9H9N/c1-2-3-4-5-6-7-8-11-22(34)30-16-15-28-18-20(27)25(37)31-19-24(36)29-14-13-21(26(38)39)32-23(35)12-9-10-17-33;1-7-6-10-9-5-3-2-4-8(7)9/h17,20-21,28H,2-16,18-19,27H2,1H3,(H,29,36)(H,30,34)(H,31,37)(H,32,35)(H,38,39);2-6,10H,1H3/t20-,21+;/m0./s1. The third-order valence-electron chi connectivity index (χ3n) is 7.67. The van der Waals surface area contributed by atoms with Gasteiger partial charge in [0.1, 0.15) is 12.3 Å². The molecular weight excluding hydrogens is 630 g/mol. The lowest BCUT2D eigenvalue weighted by atomic mass is 10.1. The molecule has 0 unspecified atom stereocenters. The molecule has 0 aliphatic carbocycles. The van der Waals surface area contributed by atoms with Gasteiger partial charge < -0.3 is 47.2 Å². The average molecular weight is 688 g/mol. The number of H-pyrrole nitrogens is 1. The molecule has 0 aliphatic heterocycles. The molecule has 0 spiro atoms. The Kier molecular flexibility index (Phi) is 23.2. The lowest BCUT2D eigenvalue weighted by molar-refractivity contribution is -0.142. The number of nitrogens with two attached hydrogens (primary N) is 1. The van der Waals surface area contributed by atoms with Crippen molar-refractivity contribution in [1.29, 1.82) is 0 Å². The lowest BCUT2D eigenvalue weighted by Gasteiger charge is -2.15. The second-order valence-corrected chi connectivity index (χ2v) is 11.9. The van der Waals surface area contributed by atoms with Crippen molar-refractivity contribution >= 4 is 46.8 Å². The van der Waals surface area contributed by atoms with E-state index in [-0.39, 0.29) is 44.8 Å². The van der Waals surface area contributed by atoms with Gasteiger partial charge in [0.25, 0.3) is 0 Å². The highest BCUT2D eigenvalue weighted by Crippen LogP contribution is 2.15. The van der Waals surface area contributed by atoms with E-state index >= 15 is 0 Å². The van der Waals surface area contributed by atoms with Crippen LogP contribution in [0.5, 0.6) is 0 Å². The summed E-state index contributed by atoms with van der Waals surface area (Å²) < 4.78 is 0. The van der Waals surface area contributed by atoms with Crippen LogP contribution in [0.1, 0.15) is 89.5 Å². The van der Waals surface area contributed by atoms with E-state index in [0.717, 1.165) is 19.3 Å². The molecule has 2 rings (SSSR count). The Morgan fingerprint density at radius 3 is 2.22 bits per heavy atom. The molecule has 1 aromatic carbocycles. The predicted octanol–water partition coefficient (Wildman–Crippen LogP) is 2.20. The molecule has 4 amide bonds. The van der Waals surface area contributed by atoms with Crippen molar-refractivity contribution < 1.29 is 33.9 Å². The molecule has 14 heteroatoms. The summed E-state index contributed by atoms with van der Waals surface area (Å²) in [6.07, 6.45) is 11.8. The van der Waals surface area contributed by atoms with Crippen LogP contribution in [0.2, 0.25) is 0 Å². The first-order valence-corrected chi connectivity index (χ1v) is 17.3. The van der Waals surface area contributed by atoms with Gasteiger partial charge in [0, 0.05) is 62.5 Å². The first-order chi connectivity index (χ1) is 23.6. The van der Waals surface area contributed by atoms with E-state index in [1.54, 1.807) is 0 Å². The number of carboxylic acids is 1. The Balaban J connectivity index is 0.00000100. The van der Waals surface area contributed by atoms with Gasteiger partial charge in [-0.25, -0.2) is 4.79 Å². The number of aryl methyl sites for hydroxylation is 1. The maximum atomic E-state index is 12.1. The highest BCUT2D eigenvalue weighted by molar-refractivity contribution is 5.87. The summed E-state index contributed by atoms with van der Waals surface area (Å²) >= 11 is 0.